The topological polar surface area (TPSA) is 73.1 Å². The summed E-state index contributed by atoms with van der Waals surface area (Å²) in [6.45, 7) is 2.68. The van der Waals surface area contributed by atoms with Crippen molar-refractivity contribution in [1.82, 2.24) is 25.1 Å². The van der Waals surface area contributed by atoms with Gasteiger partial charge in [0.25, 0.3) is 0 Å². The number of carbonyl (C=O) groups is 1. The third kappa shape index (κ3) is 4.59. The van der Waals surface area contributed by atoms with Crippen LogP contribution in [0.2, 0.25) is 0 Å². The lowest BCUT2D eigenvalue weighted by atomic mass is 10.1. The molecule has 0 unspecified atom stereocenters. The number of ether oxygens (including phenoxy) is 1. The average Bonchev–Trinajstić information content (AvgIpc) is 3.13. The summed E-state index contributed by atoms with van der Waals surface area (Å²) in [5.41, 5.74) is 1.19. The number of carbonyl (C=O) groups excluding carboxylic acids is 1. The monoisotopic (exact) mass is 315 g/mol. The third-order valence-corrected chi connectivity index (χ3v) is 4.07. The minimum absolute atomic E-state index is 0.155. The Morgan fingerprint density at radius 3 is 2.70 bits per heavy atom. The van der Waals surface area contributed by atoms with Crippen LogP contribution in [0.5, 0.6) is 0 Å². The van der Waals surface area contributed by atoms with Gasteiger partial charge in [0.2, 0.25) is 5.91 Å². The van der Waals surface area contributed by atoms with Gasteiger partial charge in [0.1, 0.15) is 6.33 Å². The molecule has 2 heterocycles. The van der Waals surface area contributed by atoms with Crippen molar-refractivity contribution in [2.45, 2.75) is 38.5 Å². The molecular weight excluding hydrogens is 294 g/mol. The fourth-order valence-electron chi connectivity index (χ4n) is 2.71. The van der Waals surface area contributed by atoms with Crippen molar-refractivity contribution in [3.05, 3.63) is 42.2 Å². The summed E-state index contributed by atoms with van der Waals surface area (Å²) in [5.74, 6) is 0.155. The van der Waals surface area contributed by atoms with Gasteiger partial charge >= 0.3 is 0 Å². The zero-order valence-corrected chi connectivity index (χ0v) is 13.0. The van der Waals surface area contributed by atoms with Crippen LogP contribution in [0.1, 0.15) is 24.8 Å². The fourth-order valence-corrected chi connectivity index (χ4v) is 2.71. The number of benzene rings is 1. The largest absolute Gasteiger partial charge is 0.373 e. The van der Waals surface area contributed by atoms with E-state index in [0.717, 1.165) is 25.9 Å². The molecule has 0 atom stereocenters. The molecule has 122 valence electrons. The molecule has 0 radical (unpaired) electrons. The second-order valence-electron chi connectivity index (χ2n) is 5.70. The Balaban J connectivity index is 1.37. The van der Waals surface area contributed by atoms with Crippen molar-refractivity contribution in [2.75, 3.05) is 13.1 Å². The highest BCUT2D eigenvalue weighted by molar-refractivity contribution is 5.76. The van der Waals surface area contributed by atoms with E-state index in [-0.39, 0.29) is 12.0 Å². The number of nitrogens with zero attached hydrogens (tertiary/aromatic N) is 5. The van der Waals surface area contributed by atoms with E-state index in [1.807, 2.05) is 23.1 Å². The van der Waals surface area contributed by atoms with Crippen molar-refractivity contribution in [3.63, 3.8) is 0 Å². The summed E-state index contributed by atoms with van der Waals surface area (Å²) in [6.07, 6.45) is 3.98. The van der Waals surface area contributed by atoms with Crippen molar-refractivity contribution < 1.29 is 9.53 Å². The molecule has 1 aliphatic rings. The molecule has 7 nitrogen and oxygen atoms in total. The maximum atomic E-state index is 12.2. The van der Waals surface area contributed by atoms with Gasteiger partial charge in [-0.1, -0.05) is 30.3 Å². The molecule has 23 heavy (non-hydrogen) atoms. The molecule has 0 bridgehead atoms. The maximum Gasteiger partial charge on any atom is 0.224 e. The third-order valence-electron chi connectivity index (χ3n) is 4.07. The molecule has 0 saturated carbocycles. The number of hydrogen-bond donors (Lipinski definition) is 0. The van der Waals surface area contributed by atoms with Gasteiger partial charge in [-0.3, -0.25) is 4.79 Å². The summed E-state index contributed by atoms with van der Waals surface area (Å²) in [5, 5.41) is 10.9. The number of tetrazole rings is 1. The first-order valence-corrected chi connectivity index (χ1v) is 7.95. The highest BCUT2D eigenvalue weighted by Crippen LogP contribution is 2.16. The van der Waals surface area contributed by atoms with Crippen LogP contribution in [0.4, 0.5) is 0 Å². The predicted molar refractivity (Wildman–Crippen MR) is 83.3 cm³/mol. The van der Waals surface area contributed by atoms with Crippen molar-refractivity contribution >= 4 is 5.91 Å². The van der Waals surface area contributed by atoms with Crippen LogP contribution < -0.4 is 0 Å². The van der Waals surface area contributed by atoms with Crippen LogP contribution >= 0.6 is 0 Å². The van der Waals surface area contributed by atoms with Crippen LogP contribution in [0.15, 0.2) is 36.7 Å². The average molecular weight is 315 g/mol. The maximum absolute atomic E-state index is 12.2. The molecule has 0 aliphatic carbocycles. The summed E-state index contributed by atoms with van der Waals surface area (Å²) < 4.78 is 7.52. The Hall–Kier alpha value is -2.28. The lowest BCUT2D eigenvalue weighted by Crippen LogP contribution is -2.41. The number of hydrogen-bond acceptors (Lipinski definition) is 5. The summed E-state index contributed by atoms with van der Waals surface area (Å²) in [6, 6.07) is 10.2. The molecule has 1 aromatic heterocycles. The van der Waals surface area contributed by atoms with E-state index >= 15 is 0 Å². The van der Waals surface area contributed by atoms with Crippen LogP contribution in [-0.2, 0) is 22.7 Å². The minimum Gasteiger partial charge on any atom is -0.373 e. The quantitative estimate of drug-likeness (QED) is 0.802. The number of likely N-dealkylation sites (tertiary alicyclic amines) is 1. The van der Waals surface area contributed by atoms with Crippen molar-refractivity contribution in [3.8, 4) is 0 Å². The van der Waals surface area contributed by atoms with Gasteiger partial charge in [0, 0.05) is 19.5 Å². The Kier molecular flexibility index (Phi) is 5.31. The molecular formula is C16H21N5O2. The van der Waals surface area contributed by atoms with Crippen molar-refractivity contribution in [2.24, 2.45) is 0 Å². The standard InChI is InChI=1S/C16H21N5O2/c22-16(8-11-21-13-17-18-19-21)20-9-6-15(7-10-20)23-12-14-4-2-1-3-5-14/h1-5,13,15H,6-12H2. The summed E-state index contributed by atoms with van der Waals surface area (Å²) >= 11 is 0. The zero-order valence-electron chi connectivity index (χ0n) is 13.0. The van der Waals surface area contributed by atoms with Gasteiger partial charge in [0.15, 0.2) is 0 Å². The Bertz CT molecular complexity index is 594. The Morgan fingerprint density at radius 2 is 2.00 bits per heavy atom. The molecule has 1 saturated heterocycles. The molecule has 0 N–H and O–H groups in total. The Morgan fingerprint density at radius 1 is 1.22 bits per heavy atom. The van der Waals surface area contributed by atoms with Gasteiger partial charge in [-0.15, -0.1) is 5.10 Å². The molecule has 7 heteroatoms. The van der Waals surface area contributed by atoms with E-state index < -0.39 is 0 Å². The van der Waals surface area contributed by atoms with Crippen LogP contribution in [-0.4, -0.2) is 50.2 Å². The molecule has 3 rings (SSSR count). The first-order chi connectivity index (χ1) is 11.3. The smallest absolute Gasteiger partial charge is 0.224 e. The van der Waals surface area contributed by atoms with E-state index in [2.05, 4.69) is 27.7 Å². The number of amides is 1. The van der Waals surface area contributed by atoms with Gasteiger partial charge < -0.3 is 9.64 Å². The van der Waals surface area contributed by atoms with Gasteiger partial charge in [-0.05, 0) is 28.8 Å². The molecule has 1 fully saturated rings. The van der Waals surface area contributed by atoms with Crippen LogP contribution in [0.3, 0.4) is 0 Å². The van der Waals surface area contributed by atoms with Gasteiger partial charge in [0.05, 0.1) is 19.3 Å². The van der Waals surface area contributed by atoms with E-state index in [1.54, 1.807) is 4.68 Å². The molecule has 0 spiro atoms. The first-order valence-electron chi connectivity index (χ1n) is 7.95. The van der Waals surface area contributed by atoms with Gasteiger partial charge in [-0.2, -0.15) is 0 Å². The molecule has 2 aromatic rings. The molecule has 1 aliphatic heterocycles. The number of piperidine rings is 1. The second kappa shape index (κ2) is 7.82. The van der Waals surface area contributed by atoms with E-state index in [9.17, 15) is 4.79 Å². The van der Waals surface area contributed by atoms with Crippen LogP contribution in [0.25, 0.3) is 0 Å². The molecule has 1 amide bonds. The minimum atomic E-state index is 0.155. The van der Waals surface area contributed by atoms with E-state index in [4.69, 9.17) is 4.74 Å². The second-order valence-corrected chi connectivity index (χ2v) is 5.70. The summed E-state index contributed by atoms with van der Waals surface area (Å²) in [7, 11) is 0. The first kappa shape index (κ1) is 15.6. The predicted octanol–water partition coefficient (Wildman–Crippen LogP) is 1.27. The lowest BCUT2D eigenvalue weighted by molar-refractivity contribution is -0.134. The highest BCUT2D eigenvalue weighted by Gasteiger charge is 2.23. The van der Waals surface area contributed by atoms with Crippen molar-refractivity contribution in [1.29, 1.82) is 0 Å². The van der Waals surface area contributed by atoms with Crippen LogP contribution in [0, 0.1) is 0 Å². The zero-order chi connectivity index (χ0) is 15.9. The van der Waals surface area contributed by atoms with E-state index in [1.165, 1.54) is 11.9 Å². The highest BCUT2D eigenvalue weighted by atomic mass is 16.5. The van der Waals surface area contributed by atoms with Gasteiger partial charge in [-0.25, -0.2) is 4.68 Å². The van der Waals surface area contributed by atoms with E-state index in [0.29, 0.717) is 19.6 Å². The summed E-state index contributed by atoms with van der Waals surface area (Å²) in [4.78, 5) is 14.1. The number of aryl methyl sites for hydroxylation is 1. The number of aromatic nitrogens is 4. The Labute approximate surface area is 135 Å². The lowest BCUT2D eigenvalue weighted by Gasteiger charge is -2.32. The SMILES string of the molecule is O=C(CCn1cnnn1)N1CCC(OCc2ccccc2)CC1. The number of rotatable bonds is 6. The molecule has 1 aromatic carbocycles. The fraction of sp³-hybridized carbons (Fsp3) is 0.500. The normalized spacial score (nSPS) is 15.7.